The number of piperidine rings is 1. The van der Waals surface area contributed by atoms with Crippen LogP contribution in [0, 0.1) is 5.92 Å². The molecule has 3 atom stereocenters. The van der Waals surface area contributed by atoms with Gasteiger partial charge in [0.1, 0.15) is 0 Å². The summed E-state index contributed by atoms with van der Waals surface area (Å²) in [6.45, 7) is 7.10. The summed E-state index contributed by atoms with van der Waals surface area (Å²) in [5.74, 6) is 0.826. The molecular weight excluding hydrogens is 220 g/mol. The van der Waals surface area contributed by atoms with Crippen molar-refractivity contribution in [3.05, 3.63) is 35.9 Å². The second-order valence-electron chi connectivity index (χ2n) is 5.70. The molecule has 1 aromatic rings. The van der Waals surface area contributed by atoms with Crippen molar-refractivity contribution in [2.45, 2.75) is 45.2 Å². The van der Waals surface area contributed by atoms with Crippen LogP contribution in [0.3, 0.4) is 0 Å². The molecule has 0 amide bonds. The Bertz CT molecular complexity index is 349. The van der Waals surface area contributed by atoms with Gasteiger partial charge in [-0.3, -0.25) is 0 Å². The molecule has 0 radical (unpaired) electrons. The first-order valence-corrected chi connectivity index (χ1v) is 7.23. The number of hydrogen-bond donors (Lipinski definition) is 1. The molecule has 1 aliphatic heterocycles. The van der Waals surface area contributed by atoms with Crippen LogP contribution >= 0.6 is 0 Å². The molecule has 0 aliphatic carbocycles. The maximum absolute atomic E-state index is 6.27. The summed E-state index contributed by atoms with van der Waals surface area (Å²) in [4.78, 5) is 2.61. The molecule has 1 saturated heterocycles. The summed E-state index contributed by atoms with van der Waals surface area (Å²) in [6, 6.07) is 11.3. The summed E-state index contributed by atoms with van der Waals surface area (Å²) in [6.07, 6.45) is 3.77. The molecule has 3 unspecified atom stereocenters. The topological polar surface area (TPSA) is 29.3 Å². The third-order valence-corrected chi connectivity index (χ3v) is 4.46. The molecule has 2 rings (SSSR count). The van der Waals surface area contributed by atoms with Crippen LogP contribution in [0.1, 0.15) is 44.7 Å². The largest absolute Gasteiger partial charge is 0.324 e. The maximum atomic E-state index is 6.27. The Hall–Kier alpha value is -0.860. The van der Waals surface area contributed by atoms with E-state index in [0.717, 1.165) is 18.9 Å². The van der Waals surface area contributed by atoms with Gasteiger partial charge < -0.3 is 10.6 Å². The van der Waals surface area contributed by atoms with Crippen molar-refractivity contribution in [3.63, 3.8) is 0 Å². The zero-order valence-electron chi connectivity index (χ0n) is 11.7. The normalized spacial score (nSPS) is 27.1. The van der Waals surface area contributed by atoms with Gasteiger partial charge in [0.2, 0.25) is 0 Å². The number of nitrogens with zero attached hydrogens (tertiary/aromatic N) is 1. The predicted molar refractivity (Wildman–Crippen MR) is 77.4 cm³/mol. The fourth-order valence-electron chi connectivity index (χ4n) is 2.91. The van der Waals surface area contributed by atoms with Gasteiger partial charge in [0.15, 0.2) is 0 Å². The first-order chi connectivity index (χ1) is 8.68. The standard InChI is InChI=1S/C16H26N2/c1-13-7-6-11-18(14(13)2)12-10-16(17)15-8-4-3-5-9-15/h3-5,8-9,13-14,16H,6-7,10-12,17H2,1-2H3. The highest BCUT2D eigenvalue weighted by Gasteiger charge is 2.24. The molecule has 1 aliphatic rings. The van der Waals surface area contributed by atoms with E-state index in [2.05, 4.69) is 43.0 Å². The van der Waals surface area contributed by atoms with E-state index in [0.29, 0.717) is 6.04 Å². The summed E-state index contributed by atoms with van der Waals surface area (Å²) in [7, 11) is 0. The van der Waals surface area contributed by atoms with E-state index in [1.165, 1.54) is 24.9 Å². The summed E-state index contributed by atoms with van der Waals surface area (Å²) in [5.41, 5.74) is 7.53. The first-order valence-electron chi connectivity index (χ1n) is 7.23. The van der Waals surface area contributed by atoms with Gasteiger partial charge in [0, 0.05) is 18.6 Å². The quantitative estimate of drug-likeness (QED) is 0.884. The lowest BCUT2D eigenvalue weighted by Crippen LogP contribution is -2.43. The van der Waals surface area contributed by atoms with Crippen LogP contribution < -0.4 is 5.73 Å². The van der Waals surface area contributed by atoms with Gasteiger partial charge in [-0.15, -0.1) is 0 Å². The number of likely N-dealkylation sites (tertiary alicyclic amines) is 1. The second kappa shape index (κ2) is 6.35. The van der Waals surface area contributed by atoms with E-state index in [9.17, 15) is 0 Å². The smallest absolute Gasteiger partial charge is 0.0307 e. The lowest BCUT2D eigenvalue weighted by molar-refractivity contribution is 0.110. The molecule has 2 nitrogen and oxygen atoms in total. The highest BCUT2D eigenvalue weighted by molar-refractivity contribution is 5.18. The van der Waals surface area contributed by atoms with Crippen LogP contribution in [-0.4, -0.2) is 24.0 Å². The Morgan fingerprint density at radius 2 is 2.00 bits per heavy atom. The molecule has 0 bridgehead atoms. The fourth-order valence-corrected chi connectivity index (χ4v) is 2.91. The summed E-state index contributed by atoms with van der Waals surface area (Å²) < 4.78 is 0. The molecule has 0 spiro atoms. The Morgan fingerprint density at radius 1 is 1.28 bits per heavy atom. The van der Waals surface area contributed by atoms with E-state index in [4.69, 9.17) is 5.73 Å². The van der Waals surface area contributed by atoms with Crippen molar-refractivity contribution in [3.8, 4) is 0 Å². The SMILES string of the molecule is CC1CCCN(CCC(N)c2ccccc2)C1C. The van der Waals surface area contributed by atoms with Crippen molar-refractivity contribution in [1.82, 2.24) is 4.90 Å². The van der Waals surface area contributed by atoms with E-state index in [1.807, 2.05) is 6.07 Å². The van der Waals surface area contributed by atoms with Crippen molar-refractivity contribution in [1.29, 1.82) is 0 Å². The maximum Gasteiger partial charge on any atom is 0.0307 e. The van der Waals surface area contributed by atoms with Crippen molar-refractivity contribution in [2.24, 2.45) is 11.7 Å². The van der Waals surface area contributed by atoms with Crippen LogP contribution in [-0.2, 0) is 0 Å². The van der Waals surface area contributed by atoms with Gasteiger partial charge in [-0.25, -0.2) is 0 Å². The third kappa shape index (κ3) is 3.33. The summed E-state index contributed by atoms with van der Waals surface area (Å²) in [5, 5.41) is 0. The molecule has 100 valence electrons. The number of rotatable bonds is 4. The zero-order chi connectivity index (χ0) is 13.0. The van der Waals surface area contributed by atoms with Crippen molar-refractivity contribution in [2.75, 3.05) is 13.1 Å². The monoisotopic (exact) mass is 246 g/mol. The first kappa shape index (κ1) is 13.6. The molecule has 18 heavy (non-hydrogen) atoms. The molecule has 0 saturated carbocycles. The zero-order valence-corrected chi connectivity index (χ0v) is 11.7. The number of nitrogens with two attached hydrogens (primary N) is 1. The van der Waals surface area contributed by atoms with Gasteiger partial charge in [-0.1, -0.05) is 37.3 Å². The summed E-state index contributed by atoms with van der Waals surface area (Å²) >= 11 is 0. The van der Waals surface area contributed by atoms with Crippen molar-refractivity contribution < 1.29 is 0 Å². The molecule has 1 heterocycles. The second-order valence-corrected chi connectivity index (χ2v) is 5.70. The lowest BCUT2D eigenvalue weighted by Gasteiger charge is -2.38. The van der Waals surface area contributed by atoms with Gasteiger partial charge in [-0.2, -0.15) is 0 Å². The van der Waals surface area contributed by atoms with Gasteiger partial charge in [-0.05, 0) is 44.2 Å². The van der Waals surface area contributed by atoms with Gasteiger partial charge >= 0.3 is 0 Å². The minimum absolute atomic E-state index is 0.177. The van der Waals surface area contributed by atoms with Crippen LogP contribution in [0.2, 0.25) is 0 Å². The van der Waals surface area contributed by atoms with Crippen molar-refractivity contribution >= 4 is 0 Å². The highest BCUT2D eigenvalue weighted by atomic mass is 15.2. The average molecular weight is 246 g/mol. The minimum Gasteiger partial charge on any atom is -0.324 e. The molecule has 1 aromatic carbocycles. The van der Waals surface area contributed by atoms with E-state index >= 15 is 0 Å². The predicted octanol–water partition coefficient (Wildman–Crippen LogP) is 3.20. The fraction of sp³-hybridized carbons (Fsp3) is 0.625. The minimum atomic E-state index is 0.177. The number of benzene rings is 1. The third-order valence-electron chi connectivity index (χ3n) is 4.46. The number of hydrogen-bond acceptors (Lipinski definition) is 2. The molecular formula is C16H26N2. The molecule has 2 N–H and O–H groups in total. The Kier molecular flexibility index (Phi) is 4.79. The molecule has 2 heteroatoms. The Balaban J connectivity index is 1.84. The average Bonchev–Trinajstić information content (AvgIpc) is 2.41. The highest BCUT2D eigenvalue weighted by Crippen LogP contribution is 2.24. The van der Waals surface area contributed by atoms with E-state index in [1.54, 1.807) is 0 Å². The van der Waals surface area contributed by atoms with Crippen LogP contribution in [0.15, 0.2) is 30.3 Å². The van der Waals surface area contributed by atoms with E-state index in [-0.39, 0.29) is 6.04 Å². The van der Waals surface area contributed by atoms with E-state index < -0.39 is 0 Å². The van der Waals surface area contributed by atoms with Crippen LogP contribution in [0.4, 0.5) is 0 Å². The molecule has 0 aromatic heterocycles. The Labute approximate surface area is 111 Å². The van der Waals surface area contributed by atoms with Crippen LogP contribution in [0.25, 0.3) is 0 Å². The van der Waals surface area contributed by atoms with Crippen LogP contribution in [0.5, 0.6) is 0 Å². The lowest BCUT2D eigenvalue weighted by atomic mass is 9.91. The Morgan fingerprint density at radius 3 is 2.72 bits per heavy atom. The molecule has 1 fully saturated rings. The van der Waals surface area contributed by atoms with Gasteiger partial charge in [0.25, 0.3) is 0 Å². The van der Waals surface area contributed by atoms with Gasteiger partial charge in [0.05, 0.1) is 0 Å².